The van der Waals surface area contributed by atoms with Gasteiger partial charge in [0.05, 0.1) is 22.6 Å². The van der Waals surface area contributed by atoms with Crippen LogP contribution in [0.4, 0.5) is 5.69 Å². The Kier molecular flexibility index (Phi) is 6.38. The van der Waals surface area contributed by atoms with Crippen LogP contribution >= 0.6 is 23.1 Å². The number of benzene rings is 2. The van der Waals surface area contributed by atoms with Gasteiger partial charge >= 0.3 is 0 Å². The number of hydrogen-bond donors (Lipinski definition) is 0. The molecular weight excluding hydrogens is 470 g/mol. The Labute approximate surface area is 204 Å². The lowest BCUT2D eigenvalue weighted by atomic mass is 9.97. The molecule has 0 radical (unpaired) electrons. The van der Waals surface area contributed by atoms with E-state index < -0.39 is 4.92 Å². The number of ether oxygens (including phenoxy) is 1. The van der Waals surface area contributed by atoms with Gasteiger partial charge in [0.1, 0.15) is 10.6 Å². The molecule has 5 rings (SSSR count). The Morgan fingerprint density at radius 1 is 1.12 bits per heavy atom. The number of nitro groups is 1. The number of nitrogens with zero attached hydrogens (tertiary/aromatic N) is 3. The number of aromatic nitrogens is 2. The molecule has 0 amide bonds. The van der Waals surface area contributed by atoms with E-state index in [2.05, 4.69) is 0 Å². The summed E-state index contributed by atoms with van der Waals surface area (Å²) in [6, 6.07) is 14.0. The van der Waals surface area contributed by atoms with E-state index in [0.29, 0.717) is 17.5 Å². The van der Waals surface area contributed by atoms with Crippen LogP contribution in [0.2, 0.25) is 0 Å². The third-order valence-corrected chi connectivity index (χ3v) is 8.07. The van der Waals surface area contributed by atoms with Crippen molar-refractivity contribution in [2.24, 2.45) is 0 Å². The summed E-state index contributed by atoms with van der Waals surface area (Å²) in [4.78, 5) is 31.4. The molecule has 2 aromatic carbocycles. The van der Waals surface area contributed by atoms with Crippen LogP contribution in [0.15, 0.2) is 58.5 Å². The van der Waals surface area contributed by atoms with E-state index in [0.717, 1.165) is 58.5 Å². The summed E-state index contributed by atoms with van der Waals surface area (Å²) >= 11 is 3.09. The molecule has 174 valence electrons. The molecule has 7 nitrogen and oxygen atoms in total. The first-order valence-electron chi connectivity index (χ1n) is 11.2. The molecule has 4 aromatic rings. The monoisotopic (exact) mass is 493 g/mol. The highest BCUT2D eigenvalue weighted by Gasteiger charge is 2.23. The summed E-state index contributed by atoms with van der Waals surface area (Å²) in [6.07, 6.45) is 4.17. The first-order chi connectivity index (χ1) is 16.5. The highest BCUT2D eigenvalue weighted by atomic mass is 32.2. The van der Waals surface area contributed by atoms with E-state index in [1.807, 2.05) is 31.2 Å². The van der Waals surface area contributed by atoms with Crippen molar-refractivity contribution in [2.75, 3.05) is 6.61 Å². The van der Waals surface area contributed by atoms with Crippen molar-refractivity contribution in [1.82, 2.24) is 9.55 Å². The first kappa shape index (κ1) is 22.6. The van der Waals surface area contributed by atoms with Gasteiger partial charge in [-0.25, -0.2) is 4.98 Å². The van der Waals surface area contributed by atoms with Crippen LogP contribution in [-0.4, -0.2) is 21.1 Å². The van der Waals surface area contributed by atoms with Gasteiger partial charge < -0.3 is 4.74 Å². The Bertz CT molecular complexity index is 1410. The Morgan fingerprint density at radius 2 is 1.85 bits per heavy atom. The average molecular weight is 494 g/mol. The van der Waals surface area contributed by atoms with E-state index in [4.69, 9.17) is 9.72 Å². The van der Waals surface area contributed by atoms with Crippen LogP contribution in [-0.2, 0) is 18.6 Å². The quantitative estimate of drug-likeness (QED) is 0.137. The van der Waals surface area contributed by atoms with Crippen molar-refractivity contribution < 1.29 is 9.66 Å². The Hall–Kier alpha value is -3.17. The average Bonchev–Trinajstić information content (AvgIpc) is 3.22. The van der Waals surface area contributed by atoms with Crippen molar-refractivity contribution in [3.05, 3.63) is 85.0 Å². The maximum Gasteiger partial charge on any atom is 0.269 e. The lowest BCUT2D eigenvalue weighted by Crippen LogP contribution is -2.22. The molecule has 0 saturated heterocycles. The molecule has 0 atom stereocenters. The second kappa shape index (κ2) is 9.60. The van der Waals surface area contributed by atoms with E-state index in [1.165, 1.54) is 28.8 Å². The number of hydrogen-bond acceptors (Lipinski definition) is 7. The summed E-state index contributed by atoms with van der Waals surface area (Å²) in [5.41, 5.74) is 2.84. The minimum absolute atomic E-state index is 0.0419. The second-order valence-corrected chi connectivity index (χ2v) is 10.1. The number of fused-ring (bicyclic) bond motifs is 3. The molecule has 0 fully saturated rings. The summed E-state index contributed by atoms with van der Waals surface area (Å²) < 4.78 is 7.26. The van der Waals surface area contributed by atoms with Gasteiger partial charge in [0.15, 0.2) is 5.16 Å². The lowest BCUT2D eigenvalue weighted by Gasteiger charge is -2.14. The standard InChI is InChI=1S/C25H23N3O4S2/c1-2-32-19-13-11-17(12-14-19)27-24(29)22-20-5-3-4-6-21(20)34-23(22)26-25(27)33-15-16-7-9-18(10-8-16)28(30)31/h7-14H,2-6,15H2,1H3. The molecule has 34 heavy (non-hydrogen) atoms. The SMILES string of the molecule is CCOc1ccc(-n2c(SCc3ccc([N+](=O)[O-])cc3)nc3sc4c(c3c2=O)CCCC4)cc1. The third-order valence-electron chi connectivity index (χ3n) is 5.88. The number of rotatable bonds is 7. The summed E-state index contributed by atoms with van der Waals surface area (Å²) in [7, 11) is 0. The molecule has 0 saturated carbocycles. The fourth-order valence-corrected chi connectivity index (χ4v) is 6.50. The summed E-state index contributed by atoms with van der Waals surface area (Å²) in [5.74, 6) is 1.29. The van der Waals surface area contributed by atoms with Crippen molar-refractivity contribution in [1.29, 1.82) is 0 Å². The smallest absolute Gasteiger partial charge is 0.269 e. The van der Waals surface area contributed by atoms with E-state index in [9.17, 15) is 14.9 Å². The normalized spacial score (nSPS) is 13.1. The number of thiophene rings is 1. The van der Waals surface area contributed by atoms with Crippen LogP contribution in [0.3, 0.4) is 0 Å². The van der Waals surface area contributed by atoms with Gasteiger partial charge in [0.2, 0.25) is 0 Å². The molecule has 0 bridgehead atoms. The lowest BCUT2D eigenvalue weighted by molar-refractivity contribution is -0.384. The number of non-ortho nitro benzene ring substituents is 1. The van der Waals surface area contributed by atoms with Gasteiger partial charge in [-0.1, -0.05) is 23.9 Å². The largest absolute Gasteiger partial charge is 0.494 e. The second-order valence-electron chi connectivity index (χ2n) is 8.07. The van der Waals surface area contributed by atoms with Crippen molar-refractivity contribution in [2.45, 2.75) is 43.5 Å². The molecule has 2 heterocycles. The molecule has 1 aliphatic rings. The van der Waals surface area contributed by atoms with E-state index in [-0.39, 0.29) is 11.2 Å². The zero-order valence-corrected chi connectivity index (χ0v) is 20.3. The molecule has 0 unspecified atom stereocenters. The zero-order chi connectivity index (χ0) is 23.7. The predicted octanol–water partition coefficient (Wildman–Crippen LogP) is 5.93. The van der Waals surface area contributed by atoms with Crippen molar-refractivity contribution in [3.8, 4) is 11.4 Å². The molecule has 9 heteroatoms. The van der Waals surface area contributed by atoms with Crippen molar-refractivity contribution >= 4 is 39.0 Å². The van der Waals surface area contributed by atoms with Crippen molar-refractivity contribution in [3.63, 3.8) is 0 Å². The predicted molar refractivity (Wildman–Crippen MR) is 136 cm³/mol. The highest BCUT2D eigenvalue weighted by Crippen LogP contribution is 2.36. The van der Waals surface area contributed by atoms with Gasteiger partial charge in [-0.2, -0.15) is 0 Å². The number of nitro benzene ring substituents is 1. The molecule has 2 aromatic heterocycles. The van der Waals surface area contributed by atoms with Gasteiger partial charge in [0, 0.05) is 22.8 Å². The van der Waals surface area contributed by atoms with Gasteiger partial charge in [-0.05, 0) is 68.0 Å². The fourth-order valence-electron chi connectivity index (χ4n) is 4.23. The summed E-state index contributed by atoms with van der Waals surface area (Å²) in [6.45, 7) is 2.51. The fraction of sp³-hybridized carbons (Fsp3) is 0.280. The zero-order valence-electron chi connectivity index (χ0n) is 18.7. The maximum atomic E-state index is 13.8. The van der Waals surface area contributed by atoms with Crippen LogP contribution in [0, 0.1) is 10.1 Å². The Balaban J connectivity index is 1.58. The van der Waals surface area contributed by atoms with E-state index in [1.54, 1.807) is 28.0 Å². The molecule has 0 aliphatic heterocycles. The van der Waals surface area contributed by atoms with Crippen LogP contribution < -0.4 is 10.3 Å². The number of thioether (sulfide) groups is 1. The maximum absolute atomic E-state index is 13.8. The number of aryl methyl sites for hydroxylation is 2. The third kappa shape index (κ3) is 4.33. The minimum Gasteiger partial charge on any atom is -0.494 e. The Morgan fingerprint density at radius 3 is 2.56 bits per heavy atom. The summed E-state index contributed by atoms with van der Waals surface area (Å²) in [5, 5.41) is 12.3. The van der Waals surface area contributed by atoms with Crippen LogP contribution in [0.5, 0.6) is 5.75 Å². The highest BCUT2D eigenvalue weighted by molar-refractivity contribution is 7.98. The molecule has 1 aliphatic carbocycles. The van der Waals surface area contributed by atoms with Crippen LogP contribution in [0.25, 0.3) is 15.9 Å². The van der Waals surface area contributed by atoms with Gasteiger partial charge in [0.25, 0.3) is 11.2 Å². The van der Waals surface area contributed by atoms with E-state index >= 15 is 0 Å². The topological polar surface area (TPSA) is 87.3 Å². The molecular formula is C25H23N3O4S2. The molecule has 0 spiro atoms. The van der Waals surface area contributed by atoms with Gasteiger partial charge in [-0.15, -0.1) is 11.3 Å². The first-order valence-corrected chi connectivity index (χ1v) is 13.0. The minimum atomic E-state index is -0.408. The van der Waals surface area contributed by atoms with Gasteiger partial charge in [-0.3, -0.25) is 19.5 Å². The molecule has 0 N–H and O–H groups in total. The van der Waals surface area contributed by atoms with Crippen LogP contribution in [0.1, 0.15) is 35.8 Å².